The second kappa shape index (κ2) is 8.87. The van der Waals surface area contributed by atoms with Crippen molar-refractivity contribution in [3.63, 3.8) is 0 Å². The van der Waals surface area contributed by atoms with Crippen LogP contribution in [0.3, 0.4) is 0 Å². The Morgan fingerprint density at radius 3 is 2.69 bits per heavy atom. The van der Waals surface area contributed by atoms with Gasteiger partial charge in [0.1, 0.15) is 23.3 Å². The van der Waals surface area contributed by atoms with E-state index in [1.165, 1.54) is 6.07 Å². The molecule has 1 aliphatic rings. The average Bonchev–Trinajstić information content (AvgIpc) is 2.75. The van der Waals surface area contributed by atoms with Gasteiger partial charge in [0.15, 0.2) is 5.16 Å². The van der Waals surface area contributed by atoms with Gasteiger partial charge in [-0.25, -0.2) is 18.2 Å². The summed E-state index contributed by atoms with van der Waals surface area (Å²) in [5.74, 6) is -4.67. The SMILES string of the molecule is O=C1CC(C(=O)Nc2cc(F)ccc2F)c2c(nc(SCc3ccccc3F)[nH]c2=O)N1. The maximum Gasteiger partial charge on any atom is 0.257 e. The van der Waals surface area contributed by atoms with Gasteiger partial charge in [-0.1, -0.05) is 30.0 Å². The number of nitrogens with zero attached hydrogens (tertiary/aromatic N) is 1. The third kappa shape index (κ3) is 4.52. The Hall–Kier alpha value is -3.60. The Morgan fingerprint density at radius 1 is 1.12 bits per heavy atom. The molecule has 164 valence electrons. The second-order valence-corrected chi connectivity index (χ2v) is 7.90. The van der Waals surface area contributed by atoms with E-state index >= 15 is 0 Å². The number of hydrogen-bond acceptors (Lipinski definition) is 5. The molecule has 0 bridgehead atoms. The zero-order valence-corrected chi connectivity index (χ0v) is 17.1. The first-order chi connectivity index (χ1) is 15.3. The maximum atomic E-state index is 13.9. The molecule has 2 aromatic carbocycles. The zero-order chi connectivity index (χ0) is 22.8. The number of rotatable bonds is 5. The van der Waals surface area contributed by atoms with E-state index in [-0.39, 0.29) is 28.7 Å². The van der Waals surface area contributed by atoms with Crippen LogP contribution in [0.1, 0.15) is 23.5 Å². The van der Waals surface area contributed by atoms with Crippen LogP contribution in [0, 0.1) is 17.5 Å². The Kier molecular flexibility index (Phi) is 5.99. The zero-order valence-electron chi connectivity index (χ0n) is 16.2. The Balaban J connectivity index is 1.60. The van der Waals surface area contributed by atoms with Crippen LogP contribution in [0.25, 0.3) is 0 Å². The van der Waals surface area contributed by atoms with Crippen molar-refractivity contribution < 1.29 is 22.8 Å². The van der Waals surface area contributed by atoms with Crippen molar-refractivity contribution in [2.45, 2.75) is 23.2 Å². The average molecular weight is 460 g/mol. The molecule has 1 atom stereocenters. The first-order valence-corrected chi connectivity index (χ1v) is 10.4. The molecule has 7 nitrogen and oxygen atoms in total. The molecule has 32 heavy (non-hydrogen) atoms. The van der Waals surface area contributed by atoms with Crippen molar-refractivity contribution in [2.75, 3.05) is 10.6 Å². The van der Waals surface area contributed by atoms with E-state index in [1.807, 2.05) is 0 Å². The molecule has 2 heterocycles. The number of carbonyl (C=O) groups is 2. The molecular formula is C21H15F3N4O3S. The monoisotopic (exact) mass is 460 g/mol. The van der Waals surface area contributed by atoms with E-state index in [9.17, 15) is 27.6 Å². The summed E-state index contributed by atoms with van der Waals surface area (Å²) in [6.45, 7) is 0. The highest BCUT2D eigenvalue weighted by atomic mass is 32.2. The summed E-state index contributed by atoms with van der Waals surface area (Å²) >= 11 is 1.04. The van der Waals surface area contributed by atoms with Crippen LogP contribution in [0.4, 0.5) is 24.7 Å². The number of H-pyrrole nitrogens is 1. The Bertz CT molecular complexity index is 1280. The lowest BCUT2D eigenvalue weighted by Crippen LogP contribution is -2.36. The number of halogens is 3. The van der Waals surface area contributed by atoms with Gasteiger partial charge in [-0.2, -0.15) is 0 Å². The van der Waals surface area contributed by atoms with E-state index in [2.05, 4.69) is 20.6 Å². The third-order valence-corrected chi connectivity index (χ3v) is 5.68. The highest BCUT2D eigenvalue weighted by Gasteiger charge is 2.35. The van der Waals surface area contributed by atoms with Crippen molar-refractivity contribution in [1.82, 2.24) is 9.97 Å². The smallest absolute Gasteiger partial charge is 0.257 e. The van der Waals surface area contributed by atoms with Gasteiger partial charge in [-0.05, 0) is 23.8 Å². The van der Waals surface area contributed by atoms with Crippen molar-refractivity contribution >= 4 is 35.1 Å². The molecular weight excluding hydrogens is 445 g/mol. The lowest BCUT2D eigenvalue weighted by molar-refractivity contribution is -0.123. The minimum Gasteiger partial charge on any atom is -0.323 e. The molecule has 3 aromatic rings. The van der Waals surface area contributed by atoms with Gasteiger partial charge in [-0.3, -0.25) is 14.4 Å². The predicted molar refractivity (Wildman–Crippen MR) is 112 cm³/mol. The van der Waals surface area contributed by atoms with Gasteiger partial charge < -0.3 is 15.6 Å². The number of nitrogens with one attached hydrogen (secondary N) is 3. The number of benzene rings is 2. The standard InChI is InChI=1S/C21H15F3N4O3S/c22-11-5-6-14(24)15(7-11)25-19(30)12-8-16(29)26-18-17(12)20(31)28-21(27-18)32-9-10-3-1-2-4-13(10)23/h1-7,12H,8-9H2,(H,25,30)(H2,26,27,28,29,31). The van der Waals surface area contributed by atoms with Crippen LogP contribution >= 0.6 is 11.8 Å². The van der Waals surface area contributed by atoms with E-state index in [1.54, 1.807) is 18.2 Å². The molecule has 3 N–H and O–H groups in total. The minimum absolute atomic E-state index is 0.103. The molecule has 0 saturated heterocycles. The Labute approximate surface area is 183 Å². The van der Waals surface area contributed by atoms with Crippen molar-refractivity contribution in [3.8, 4) is 0 Å². The number of amides is 2. The van der Waals surface area contributed by atoms with Gasteiger partial charge in [0, 0.05) is 18.2 Å². The lowest BCUT2D eigenvalue weighted by Gasteiger charge is -2.23. The van der Waals surface area contributed by atoms with Crippen LogP contribution in [-0.4, -0.2) is 21.8 Å². The first kappa shape index (κ1) is 21.6. The molecule has 0 radical (unpaired) electrons. The summed E-state index contributed by atoms with van der Waals surface area (Å²) in [6.07, 6.45) is -0.373. The molecule has 2 amide bonds. The molecule has 4 rings (SSSR count). The van der Waals surface area contributed by atoms with Gasteiger partial charge in [0.05, 0.1) is 17.2 Å². The van der Waals surface area contributed by atoms with E-state index < -0.39 is 46.4 Å². The quantitative estimate of drug-likeness (QED) is 0.399. The van der Waals surface area contributed by atoms with Crippen LogP contribution in [0.5, 0.6) is 0 Å². The fourth-order valence-corrected chi connectivity index (χ4v) is 4.06. The summed E-state index contributed by atoms with van der Waals surface area (Å²) in [5.41, 5.74) is -0.791. The third-order valence-electron chi connectivity index (χ3n) is 4.75. The van der Waals surface area contributed by atoms with Gasteiger partial charge >= 0.3 is 0 Å². The summed E-state index contributed by atoms with van der Waals surface area (Å²) < 4.78 is 41.1. The van der Waals surface area contributed by atoms with Crippen LogP contribution in [0.15, 0.2) is 52.4 Å². The number of anilines is 2. The topological polar surface area (TPSA) is 104 Å². The van der Waals surface area contributed by atoms with Crippen molar-refractivity contribution in [3.05, 3.63) is 81.4 Å². The maximum absolute atomic E-state index is 13.9. The number of aromatic amines is 1. The molecule has 1 aliphatic heterocycles. The van der Waals surface area contributed by atoms with E-state index in [0.29, 0.717) is 5.56 Å². The summed E-state index contributed by atoms with van der Waals surface area (Å²) in [6, 6.07) is 8.66. The summed E-state index contributed by atoms with van der Waals surface area (Å²) in [7, 11) is 0. The van der Waals surface area contributed by atoms with Crippen LogP contribution in [-0.2, 0) is 15.3 Å². The normalized spacial score (nSPS) is 15.1. The van der Waals surface area contributed by atoms with Gasteiger partial charge in [0.25, 0.3) is 5.56 Å². The minimum atomic E-state index is -1.26. The van der Waals surface area contributed by atoms with Crippen LogP contribution < -0.4 is 16.2 Å². The number of thioether (sulfide) groups is 1. The molecule has 0 fully saturated rings. The lowest BCUT2D eigenvalue weighted by atomic mass is 9.92. The van der Waals surface area contributed by atoms with Gasteiger partial charge in [-0.15, -0.1) is 0 Å². The second-order valence-electron chi connectivity index (χ2n) is 6.93. The van der Waals surface area contributed by atoms with Gasteiger partial charge in [0.2, 0.25) is 11.8 Å². The first-order valence-electron chi connectivity index (χ1n) is 9.38. The Morgan fingerprint density at radius 2 is 1.91 bits per heavy atom. The molecule has 0 spiro atoms. The summed E-state index contributed by atoms with van der Waals surface area (Å²) in [4.78, 5) is 44.3. The highest BCUT2D eigenvalue weighted by molar-refractivity contribution is 7.98. The molecule has 11 heteroatoms. The predicted octanol–water partition coefficient (Wildman–Crippen LogP) is 3.54. The number of aromatic nitrogens is 2. The number of fused-ring (bicyclic) bond motifs is 1. The fourth-order valence-electron chi connectivity index (χ4n) is 3.22. The highest BCUT2D eigenvalue weighted by Crippen LogP contribution is 2.31. The largest absolute Gasteiger partial charge is 0.323 e. The van der Waals surface area contributed by atoms with Crippen molar-refractivity contribution in [2.24, 2.45) is 0 Å². The molecule has 0 aliphatic carbocycles. The fraction of sp³-hybridized carbons (Fsp3) is 0.143. The molecule has 0 saturated carbocycles. The number of hydrogen-bond donors (Lipinski definition) is 3. The summed E-state index contributed by atoms with van der Waals surface area (Å²) in [5, 5.41) is 4.78. The number of carbonyl (C=O) groups excluding carboxylic acids is 2. The van der Waals surface area contributed by atoms with E-state index in [0.717, 1.165) is 30.0 Å². The van der Waals surface area contributed by atoms with Crippen LogP contribution in [0.2, 0.25) is 0 Å². The molecule has 1 aromatic heterocycles. The van der Waals surface area contributed by atoms with Crippen molar-refractivity contribution in [1.29, 1.82) is 0 Å². The molecule has 1 unspecified atom stereocenters. The van der Waals surface area contributed by atoms with E-state index in [4.69, 9.17) is 0 Å².